The molecule has 0 aliphatic heterocycles. The van der Waals surface area contributed by atoms with E-state index in [1.807, 2.05) is 19.2 Å². The second-order valence-corrected chi connectivity index (χ2v) is 6.71. The predicted molar refractivity (Wildman–Crippen MR) is 71.8 cm³/mol. The normalized spacial score (nSPS) is 16.8. The average molecular weight is 268 g/mol. The van der Waals surface area contributed by atoms with Crippen LogP contribution in [0, 0.1) is 0 Å². The number of benzene rings is 1. The molecule has 1 saturated carbocycles. The van der Waals surface area contributed by atoms with E-state index in [0.717, 1.165) is 24.8 Å². The minimum absolute atomic E-state index is 0.178. The van der Waals surface area contributed by atoms with Crippen molar-refractivity contribution < 1.29 is 8.42 Å². The third kappa shape index (κ3) is 2.43. The van der Waals surface area contributed by atoms with Gasteiger partial charge in [-0.15, -0.1) is 0 Å². The van der Waals surface area contributed by atoms with Gasteiger partial charge in [0.15, 0.2) is 0 Å². The average Bonchev–Trinajstić information content (AvgIpc) is 2.27. The number of rotatable bonds is 5. The van der Waals surface area contributed by atoms with E-state index in [2.05, 4.69) is 5.32 Å². The first-order chi connectivity index (χ1) is 8.57. The van der Waals surface area contributed by atoms with E-state index in [1.165, 1.54) is 4.31 Å². The van der Waals surface area contributed by atoms with Crippen LogP contribution in [0.15, 0.2) is 29.2 Å². The zero-order valence-electron chi connectivity index (χ0n) is 10.9. The van der Waals surface area contributed by atoms with Crippen molar-refractivity contribution in [2.24, 2.45) is 0 Å². The van der Waals surface area contributed by atoms with Crippen LogP contribution < -0.4 is 5.32 Å². The SMILES string of the molecule is CNCc1ccccc1S(=O)(=O)N(C)C1CCC1. The smallest absolute Gasteiger partial charge is 0.243 e. The highest BCUT2D eigenvalue weighted by Gasteiger charge is 2.32. The molecule has 0 radical (unpaired) electrons. The van der Waals surface area contributed by atoms with Crippen LogP contribution in [0.4, 0.5) is 0 Å². The summed E-state index contributed by atoms with van der Waals surface area (Å²) in [4.78, 5) is 0.425. The Morgan fingerprint density at radius 3 is 2.56 bits per heavy atom. The van der Waals surface area contributed by atoms with Gasteiger partial charge in [-0.25, -0.2) is 8.42 Å². The van der Waals surface area contributed by atoms with Gasteiger partial charge in [-0.05, 0) is 31.5 Å². The van der Waals surface area contributed by atoms with E-state index >= 15 is 0 Å². The van der Waals surface area contributed by atoms with Crippen molar-refractivity contribution in [2.45, 2.75) is 36.7 Å². The molecule has 1 fully saturated rings. The first kappa shape index (κ1) is 13.5. The molecule has 1 N–H and O–H groups in total. The van der Waals surface area contributed by atoms with E-state index in [0.29, 0.717) is 11.4 Å². The van der Waals surface area contributed by atoms with Crippen molar-refractivity contribution in [3.8, 4) is 0 Å². The molecule has 0 saturated heterocycles. The van der Waals surface area contributed by atoms with Crippen LogP contribution in [0.25, 0.3) is 0 Å². The number of hydrogen-bond donors (Lipinski definition) is 1. The molecule has 1 aromatic rings. The molecule has 18 heavy (non-hydrogen) atoms. The van der Waals surface area contributed by atoms with Gasteiger partial charge in [0.05, 0.1) is 4.90 Å². The Kier molecular flexibility index (Phi) is 4.04. The number of sulfonamides is 1. The van der Waals surface area contributed by atoms with Crippen molar-refractivity contribution in [3.05, 3.63) is 29.8 Å². The Bertz CT molecular complexity index is 509. The largest absolute Gasteiger partial charge is 0.316 e. The Morgan fingerprint density at radius 1 is 1.33 bits per heavy atom. The quantitative estimate of drug-likeness (QED) is 0.882. The molecule has 2 rings (SSSR count). The Balaban J connectivity index is 2.34. The van der Waals surface area contributed by atoms with Crippen LogP contribution in [0.3, 0.4) is 0 Å². The summed E-state index contributed by atoms with van der Waals surface area (Å²) in [5.74, 6) is 0. The molecule has 100 valence electrons. The van der Waals surface area contributed by atoms with E-state index in [9.17, 15) is 8.42 Å². The summed E-state index contributed by atoms with van der Waals surface area (Å²) >= 11 is 0. The first-order valence-electron chi connectivity index (χ1n) is 6.28. The molecule has 0 bridgehead atoms. The van der Waals surface area contributed by atoms with Gasteiger partial charge in [0.1, 0.15) is 0 Å². The van der Waals surface area contributed by atoms with Gasteiger partial charge in [-0.1, -0.05) is 24.6 Å². The van der Waals surface area contributed by atoms with Crippen LogP contribution in [0.2, 0.25) is 0 Å². The van der Waals surface area contributed by atoms with Gasteiger partial charge in [-0.2, -0.15) is 4.31 Å². The standard InChI is InChI=1S/C13H20N2O2S/c1-14-10-11-6-3-4-9-13(11)18(16,17)15(2)12-7-5-8-12/h3-4,6,9,12,14H,5,7-8,10H2,1-2H3. The maximum atomic E-state index is 12.6. The van der Waals surface area contributed by atoms with E-state index in [1.54, 1.807) is 19.2 Å². The van der Waals surface area contributed by atoms with Crippen LogP contribution in [0.5, 0.6) is 0 Å². The van der Waals surface area contributed by atoms with E-state index < -0.39 is 10.0 Å². The number of nitrogens with zero attached hydrogens (tertiary/aromatic N) is 1. The maximum absolute atomic E-state index is 12.6. The monoisotopic (exact) mass is 268 g/mol. The van der Waals surface area contributed by atoms with Crippen LogP contribution in [0.1, 0.15) is 24.8 Å². The molecule has 0 atom stereocenters. The first-order valence-corrected chi connectivity index (χ1v) is 7.72. The van der Waals surface area contributed by atoms with Gasteiger partial charge in [0.2, 0.25) is 10.0 Å². The third-order valence-corrected chi connectivity index (χ3v) is 5.60. The maximum Gasteiger partial charge on any atom is 0.243 e. The fraction of sp³-hybridized carbons (Fsp3) is 0.538. The van der Waals surface area contributed by atoms with E-state index in [4.69, 9.17) is 0 Å². The van der Waals surface area contributed by atoms with Gasteiger partial charge in [0.25, 0.3) is 0 Å². The summed E-state index contributed by atoms with van der Waals surface area (Å²) < 4.78 is 26.7. The lowest BCUT2D eigenvalue weighted by atomic mass is 9.94. The summed E-state index contributed by atoms with van der Waals surface area (Å²) in [6.07, 6.45) is 3.08. The predicted octanol–water partition coefficient (Wildman–Crippen LogP) is 1.58. The molecule has 0 unspecified atom stereocenters. The van der Waals surface area contributed by atoms with Crippen LogP contribution in [-0.4, -0.2) is 32.9 Å². The minimum atomic E-state index is -3.36. The molecule has 0 heterocycles. The fourth-order valence-electron chi connectivity index (χ4n) is 2.19. The Labute approximate surface area is 109 Å². The van der Waals surface area contributed by atoms with Crippen molar-refractivity contribution in [3.63, 3.8) is 0 Å². The van der Waals surface area contributed by atoms with Gasteiger partial charge >= 0.3 is 0 Å². The molecule has 0 aromatic heterocycles. The summed E-state index contributed by atoms with van der Waals surface area (Å²) in [6.45, 7) is 0.563. The van der Waals surface area contributed by atoms with E-state index in [-0.39, 0.29) is 6.04 Å². The summed E-state index contributed by atoms with van der Waals surface area (Å²) in [5, 5.41) is 3.01. The lowest BCUT2D eigenvalue weighted by Gasteiger charge is -2.34. The van der Waals surface area contributed by atoms with Crippen LogP contribution >= 0.6 is 0 Å². The van der Waals surface area contributed by atoms with Gasteiger partial charge in [-0.3, -0.25) is 0 Å². The topological polar surface area (TPSA) is 49.4 Å². The van der Waals surface area contributed by atoms with Crippen molar-refractivity contribution >= 4 is 10.0 Å². The van der Waals surface area contributed by atoms with Crippen molar-refractivity contribution in [1.29, 1.82) is 0 Å². The lowest BCUT2D eigenvalue weighted by Crippen LogP contribution is -2.41. The zero-order valence-corrected chi connectivity index (χ0v) is 11.7. The van der Waals surface area contributed by atoms with Crippen molar-refractivity contribution in [2.75, 3.05) is 14.1 Å². The van der Waals surface area contributed by atoms with Gasteiger partial charge < -0.3 is 5.32 Å². The second kappa shape index (κ2) is 5.38. The summed E-state index contributed by atoms with van der Waals surface area (Å²) in [6, 6.07) is 7.38. The number of hydrogen-bond acceptors (Lipinski definition) is 3. The molecule has 5 heteroatoms. The molecular formula is C13H20N2O2S. The molecule has 0 amide bonds. The molecule has 1 aliphatic carbocycles. The second-order valence-electron chi connectivity index (χ2n) is 4.74. The lowest BCUT2D eigenvalue weighted by molar-refractivity contribution is 0.249. The Hall–Kier alpha value is -0.910. The summed E-state index contributed by atoms with van der Waals surface area (Å²) in [7, 11) is 0.150. The summed E-state index contributed by atoms with van der Waals surface area (Å²) in [5.41, 5.74) is 0.825. The van der Waals surface area contributed by atoms with Crippen LogP contribution in [-0.2, 0) is 16.6 Å². The fourth-order valence-corrected chi connectivity index (χ4v) is 3.83. The van der Waals surface area contributed by atoms with Gasteiger partial charge in [0, 0.05) is 19.6 Å². The molecule has 1 aromatic carbocycles. The number of nitrogens with one attached hydrogen (secondary N) is 1. The minimum Gasteiger partial charge on any atom is -0.316 e. The molecular weight excluding hydrogens is 248 g/mol. The highest BCUT2D eigenvalue weighted by Crippen LogP contribution is 2.29. The Morgan fingerprint density at radius 2 is 2.00 bits per heavy atom. The highest BCUT2D eigenvalue weighted by molar-refractivity contribution is 7.89. The third-order valence-electron chi connectivity index (χ3n) is 3.59. The zero-order chi connectivity index (χ0) is 13.2. The highest BCUT2D eigenvalue weighted by atomic mass is 32.2. The molecule has 4 nitrogen and oxygen atoms in total. The van der Waals surface area contributed by atoms with Crippen molar-refractivity contribution in [1.82, 2.24) is 9.62 Å². The molecule has 0 spiro atoms. The molecule has 1 aliphatic rings.